The van der Waals surface area contributed by atoms with Gasteiger partial charge in [0.2, 0.25) is 0 Å². The van der Waals surface area contributed by atoms with Gasteiger partial charge in [0.15, 0.2) is 5.75 Å². The van der Waals surface area contributed by atoms with Gasteiger partial charge in [-0.05, 0) is 0 Å². The number of nitrogens with zero attached hydrogens (tertiary/aromatic N) is 2. The van der Waals surface area contributed by atoms with Crippen LogP contribution in [0.2, 0.25) is 0 Å². The van der Waals surface area contributed by atoms with Crippen molar-refractivity contribution in [1.29, 1.82) is 5.26 Å². The molecule has 0 radical (unpaired) electrons. The third-order valence-electron chi connectivity index (χ3n) is 1.02. The minimum absolute atomic E-state index is 0.130. The molecule has 4 heteroatoms. The summed E-state index contributed by atoms with van der Waals surface area (Å²) in [5, 5.41) is 17.4. The van der Waals surface area contributed by atoms with Crippen LogP contribution in [0.3, 0.4) is 0 Å². The first-order chi connectivity index (χ1) is 4.75. The molecule has 10 heavy (non-hydrogen) atoms. The van der Waals surface area contributed by atoms with E-state index in [0.717, 1.165) is 0 Å². The van der Waals surface area contributed by atoms with Crippen molar-refractivity contribution in [3.05, 3.63) is 18.0 Å². The van der Waals surface area contributed by atoms with Crippen LogP contribution in [0.25, 0.3) is 0 Å². The number of nitriles is 1. The highest BCUT2D eigenvalue weighted by molar-refractivity contribution is 7.80. The summed E-state index contributed by atoms with van der Waals surface area (Å²) in [4.78, 5) is 4.01. The predicted octanol–water partition coefficient (Wildman–Crippen LogP) is 0.948. The minimum atomic E-state index is -0.130. The van der Waals surface area contributed by atoms with Gasteiger partial charge in [-0.3, -0.25) is 4.98 Å². The first-order valence-electron chi connectivity index (χ1n) is 2.51. The van der Waals surface area contributed by atoms with Crippen molar-refractivity contribution in [1.82, 2.24) is 4.98 Å². The summed E-state index contributed by atoms with van der Waals surface area (Å²) < 4.78 is 0. The van der Waals surface area contributed by atoms with Crippen LogP contribution in [0.4, 0.5) is 0 Å². The van der Waals surface area contributed by atoms with E-state index in [-0.39, 0.29) is 11.3 Å². The number of hydrogen-bond acceptors (Lipinski definition) is 4. The number of pyridine rings is 1. The average Bonchev–Trinajstić information content (AvgIpc) is 1.88. The quantitative estimate of drug-likeness (QED) is 0.544. The molecule has 0 atom stereocenters. The van der Waals surface area contributed by atoms with Gasteiger partial charge in [0.05, 0.1) is 6.20 Å². The normalized spacial score (nSPS) is 8.80. The van der Waals surface area contributed by atoms with E-state index in [2.05, 4.69) is 17.6 Å². The molecular formula is C6H4N2OS. The second-order valence-electron chi connectivity index (χ2n) is 1.66. The Morgan fingerprint density at radius 3 is 2.70 bits per heavy atom. The maximum Gasteiger partial charge on any atom is 0.152 e. The molecular weight excluding hydrogens is 148 g/mol. The molecule has 0 amide bonds. The van der Waals surface area contributed by atoms with Gasteiger partial charge in [-0.25, -0.2) is 0 Å². The van der Waals surface area contributed by atoms with E-state index in [9.17, 15) is 0 Å². The van der Waals surface area contributed by atoms with Gasteiger partial charge < -0.3 is 5.11 Å². The molecule has 50 valence electrons. The van der Waals surface area contributed by atoms with Crippen LogP contribution in [-0.4, -0.2) is 10.1 Å². The number of rotatable bonds is 0. The smallest absolute Gasteiger partial charge is 0.152 e. The predicted molar refractivity (Wildman–Crippen MR) is 37.9 cm³/mol. The minimum Gasteiger partial charge on any atom is -0.505 e. The zero-order chi connectivity index (χ0) is 7.56. The fourth-order valence-corrected chi connectivity index (χ4v) is 0.785. The summed E-state index contributed by atoms with van der Waals surface area (Å²) in [6, 6.07) is 1.80. The highest BCUT2D eigenvalue weighted by Crippen LogP contribution is 2.20. The Morgan fingerprint density at radius 1 is 1.60 bits per heavy atom. The highest BCUT2D eigenvalue weighted by atomic mass is 32.1. The van der Waals surface area contributed by atoms with Crippen LogP contribution >= 0.6 is 12.6 Å². The van der Waals surface area contributed by atoms with Crippen molar-refractivity contribution >= 4 is 12.6 Å². The maximum absolute atomic E-state index is 8.96. The van der Waals surface area contributed by atoms with Crippen molar-refractivity contribution < 1.29 is 5.11 Å². The van der Waals surface area contributed by atoms with E-state index < -0.39 is 0 Å². The Kier molecular flexibility index (Phi) is 1.78. The maximum atomic E-state index is 8.96. The second kappa shape index (κ2) is 2.58. The largest absolute Gasteiger partial charge is 0.505 e. The Balaban J connectivity index is 3.34. The van der Waals surface area contributed by atoms with E-state index in [0.29, 0.717) is 4.90 Å². The molecule has 3 nitrogen and oxygen atoms in total. The molecule has 0 aliphatic rings. The number of aromatic hydroxyl groups is 1. The summed E-state index contributed by atoms with van der Waals surface area (Å²) >= 11 is 3.90. The Hall–Kier alpha value is -1.21. The molecule has 0 bridgehead atoms. The zero-order valence-corrected chi connectivity index (χ0v) is 5.84. The van der Waals surface area contributed by atoms with Crippen LogP contribution < -0.4 is 0 Å². The SMILES string of the molecule is N#Cc1c(O)cncc1S. The summed E-state index contributed by atoms with van der Waals surface area (Å²) in [5.74, 6) is -0.130. The lowest BCUT2D eigenvalue weighted by Gasteiger charge is -1.95. The Morgan fingerprint density at radius 2 is 2.30 bits per heavy atom. The third-order valence-corrected chi connectivity index (χ3v) is 1.36. The van der Waals surface area contributed by atoms with Gasteiger partial charge in [0, 0.05) is 11.1 Å². The average molecular weight is 152 g/mol. The number of thiol groups is 1. The fraction of sp³-hybridized carbons (Fsp3) is 0. The third kappa shape index (κ3) is 1.04. The van der Waals surface area contributed by atoms with E-state index in [1.807, 2.05) is 0 Å². The zero-order valence-electron chi connectivity index (χ0n) is 4.94. The van der Waals surface area contributed by atoms with E-state index in [1.165, 1.54) is 12.4 Å². The monoisotopic (exact) mass is 152 g/mol. The van der Waals surface area contributed by atoms with E-state index >= 15 is 0 Å². The van der Waals surface area contributed by atoms with E-state index in [1.54, 1.807) is 6.07 Å². The van der Waals surface area contributed by atoms with Gasteiger partial charge in [-0.1, -0.05) is 0 Å². The lowest BCUT2D eigenvalue weighted by atomic mass is 10.3. The standard InChI is InChI=1S/C6H4N2OS/c7-1-4-5(9)2-8-3-6(4)10/h2-3,9-10H. The topological polar surface area (TPSA) is 56.9 Å². The van der Waals surface area contributed by atoms with Gasteiger partial charge in [0.1, 0.15) is 11.6 Å². The molecule has 1 aromatic heterocycles. The Labute approximate surface area is 63.4 Å². The molecule has 0 spiro atoms. The van der Waals surface area contributed by atoms with Crippen molar-refractivity contribution in [3.63, 3.8) is 0 Å². The van der Waals surface area contributed by atoms with Crippen LogP contribution in [0.15, 0.2) is 17.3 Å². The molecule has 0 unspecified atom stereocenters. The highest BCUT2D eigenvalue weighted by Gasteiger charge is 2.02. The summed E-state index contributed by atoms with van der Waals surface area (Å²) in [7, 11) is 0. The van der Waals surface area contributed by atoms with E-state index in [4.69, 9.17) is 10.4 Å². The molecule has 1 N–H and O–H groups in total. The van der Waals surface area contributed by atoms with Gasteiger partial charge >= 0.3 is 0 Å². The van der Waals surface area contributed by atoms with Crippen molar-refractivity contribution in [2.45, 2.75) is 4.90 Å². The van der Waals surface area contributed by atoms with Gasteiger partial charge in [0.25, 0.3) is 0 Å². The van der Waals surface area contributed by atoms with Crippen molar-refractivity contribution in [2.75, 3.05) is 0 Å². The molecule has 0 aromatic carbocycles. The fourth-order valence-electron chi connectivity index (χ4n) is 0.553. The number of hydrogen-bond donors (Lipinski definition) is 2. The summed E-state index contributed by atoms with van der Waals surface area (Å²) in [6.07, 6.45) is 2.61. The molecule has 1 heterocycles. The molecule has 1 aromatic rings. The first-order valence-corrected chi connectivity index (χ1v) is 2.96. The van der Waals surface area contributed by atoms with Crippen molar-refractivity contribution in [3.8, 4) is 11.8 Å². The molecule has 0 saturated heterocycles. The van der Waals surface area contributed by atoms with Gasteiger partial charge in [-0.15, -0.1) is 12.6 Å². The van der Waals surface area contributed by atoms with Crippen LogP contribution in [0.1, 0.15) is 5.56 Å². The summed E-state index contributed by atoms with van der Waals surface area (Å²) in [6.45, 7) is 0. The molecule has 0 aliphatic carbocycles. The molecule has 0 aliphatic heterocycles. The lowest BCUT2D eigenvalue weighted by Crippen LogP contribution is -1.80. The van der Waals surface area contributed by atoms with Crippen LogP contribution in [0.5, 0.6) is 5.75 Å². The van der Waals surface area contributed by atoms with Crippen molar-refractivity contribution in [2.24, 2.45) is 0 Å². The lowest BCUT2D eigenvalue weighted by molar-refractivity contribution is 0.469. The van der Waals surface area contributed by atoms with Crippen LogP contribution in [0, 0.1) is 11.3 Å². The van der Waals surface area contributed by atoms with Gasteiger partial charge in [-0.2, -0.15) is 5.26 Å². The van der Waals surface area contributed by atoms with Crippen LogP contribution in [-0.2, 0) is 0 Å². The first kappa shape index (κ1) is 6.90. The molecule has 0 fully saturated rings. The molecule has 0 saturated carbocycles. The summed E-state index contributed by atoms with van der Waals surface area (Å²) in [5.41, 5.74) is 0.165. The number of aromatic nitrogens is 1. The second-order valence-corrected chi connectivity index (χ2v) is 2.15. The Bertz CT molecular complexity index is 272. The molecule has 1 rings (SSSR count).